The lowest BCUT2D eigenvalue weighted by Gasteiger charge is -2.19. The van der Waals surface area contributed by atoms with Gasteiger partial charge in [-0.05, 0) is 70.5 Å². The Kier molecular flexibility index (Phi) is 6.56. The molecule has 4 aromatic carbocycles. The molecule has 0 aliphatic heterocycles. The lowest BCUT2D eigenvalue weighted by atomic mass is 9.84. The van der Waals surface area contributed by atoms with Gasteiger partial charge in [0.05, 0.1) is 11.1 Å². The first-order chi connectivity index (χ1) is 20.1. The Hall–Kier alpha value is -5.32. The highest BCUT2D eigenvalue weighted by atomic mass is 14.2. The van der Waals surface area contributed by atoms with Crippen LogP contribution in [-0.4, -0.2) is 0 Å². The van der Waals surface area contributed by atoms with E-state index in [-0.39, 0.29) is 10.8 Å². The minimum atomic E-state index is -0.0917. The molecular weight excluding hydrogens is 504 g/mol. The molecule has 0 atom stereocenters. The van der Waals surface area contributed by atoms with Gasteiger partial charge in [-0.15, -0.1) is 0 Å². The molecule has 6 rings (SSSR count). The van der Waals surface area contributed by atoms with Crippen LogP contribution in [0.4, 0.5) is 0 Å². The van der Waals surface area contributed by atoms with Gasteiger partial charge in [0.1, 0.15) is 0 Å². The Morgan fingerprint density at radius 1 is 0.357 bits per heavy atom. The average Bonchev–Trinajstić information content (AvgIpc) is 2.94. The molecule has 0 saturated carbocycles. The van der Waals surface area contributed by atoms with Crippen molar-refractivity contribution in [2.24, 2.45) is 0 Å². The van der Waals surface area contributed by atoms with Gasteiger partial charge < -0.3 is 0 Å². The highest BCUT2D eigenvalue weighted by molar-refractivity contribution is 5.87. The van der Waals surface area contributed by atoms with Crippen LogP contribution in [0.1, 0.15) is 63.8 Å². The Morgan fingerprint density at radius 3 is 0.833 bits per heavy atom. The SMILES string of the molecule is CC(C)(C)c1cc2c#cc3ccccc3c#cc3cc(C(C)(C)C)cc4c#cc5ccccc5c#cc(c1)c2C#Cc34. The van der Waals surface area contributed by atoms with E-state index in [1.54, 1.807) is 0 Å². The number of fused-ring (bicyclic) bond motifs is 2. The summed E-state index contributed by atoms with van der Waals surface area (Å²) in [4.78, 5) is 0. The predicted octanol–water partition coefficient (Wildman–Crippen LogP) is 9.82. The van der Waals surface area contributed by atoms with E-state index < -0.39 is 0 Å². The second kappa shape index (κ2) is 10.3. The summed E-state index contributed by atoms with van der Waals surface area (Å²) >= 11 is 0. The van der Waals surface area contributed by atoms with Crippen LogP contribution in [0.2, 0.25) is 0 Å². The second-order valence-electron chi connectivity index (χ2n) is 12.7. The Balaban J connectivity index is 1.92. The van der Waals surface area contributed by atoms with Crippen LogP contribution in [0, 0.1) is 60.4 Å². The monoisotopic (exact) mass is 534 g/mol. The molecule has 0 heterocycles. The fourth-order valence-electron chi connectivity index (χ4n) is 4.88. The molecule has 0 radical (unpaired) electrons. The topological polar surface area (TPSA) is 0 Å². The highest BCUT2D eigenvalue weighted by Gasteiger charge is 2.17. The molecule has 198 valence electrons. The molecule has 0 fully saturated rings. The fourth-order valence-corrected chi connectivity index (χ4v) is 4.88. The largest absolute Gasteiger partial charge is 0.0609 e. The molecule has 0 spiro atoms. The van der Waals surface area contributed by atoms with Crippen molar-refractivity contribution in [2.75, 3.05) is 0 Å². The van der Waals surface area contributed by atoms with E-state index in [2.05, 4.69) is 126 Å². The van der Waals surface area contributed by atoms with Gasteiger partial charge in [-0.25, -0.2) is 0 Å². The first-order valence-electron chi connectivity index (χ1n) is 14.2. The fraction of sp³-hybridized carbons (Fsp3) is 0.190. The highest BCUT2D eigenvalue weighted by Crippen LogP contribution is 2.29. The molecule has 2 aliphatic carbocycles. The predicted molar refractivity (Wildman–Crippen MR) is 175 cm³/mol. The van der Waals surface area contributed by atoms with Gasteiger partial charge in [0, 0.05) is 43.1 Å². The van der Waals surface area contributed by atoms with Crippen molar-refractivity contribution in [3.8, 4) is 11.8 Å². The summed E-state index contributed by atoms with van der Waals surface area (Å²) in [6.07, 6.45) is 0. The van der Waals surface area contributed by atoms with Crippen molar-refractivity contribution in [2.45, 2.75) is 52.4 Å². The van der Waals surface area contributed by atoms with Crippen LogP contribution < -0.4 is 0 Å². The number of hydrogen-bond acceptors (Lipinski definition) is 0. The van der Waals surface area contributed by atoms with Crippen molar-refractivity contribution < 1.29 is 0 Å². The van der Waals surface area contributed by atoms with Crippen LogP contribution in [0.15, 0.2) is 72.8 Å². The summed E-state index contributed by atoms with van der Waals surface area (Å²) in [7, 11) is 0. The summed E-state index contributed by atoms with van der Waals surface area (Å²) in [5.74, 6) is 7.02. The molecule has 42 heavy (non-hydrogen) atoms. The van der Waals surface area contributed by atoms with Gasteiger partial charge >= 0.3 is 0 Å². The van der Waals surface area contributed by atoms with Crippen LogP contribution in [-0.2, 0) is 10.8 Å². The zero-order valence-corrected chi connectivity index (χ0v) is 24.9. The van der Waals surface area contributed by atoms with Gasteiger partial charge in [-0.2, -0.15) is 0 Å². The zero-order chi connectivity index (χ0) is 29.5. The molecule has 0 aromatic heterocycles. The smallest absolute Gasteiger partial charge is 0.0562 e. The molecule has 2 aliphatic rings. The lowest BCUT2D eigenvalue weighted by molar-refractivity contribution is 0.591. The summed E-state index contributed by atoms with van der Waals surface area (Å²) in [5.41, 5.74) is 3.81. The third-order valence-electron chi connectivity index (χ3n) is 7.50. The van der Waals surface area contributed by atoms with Crippen molar-refractivity contribution >= 4 is 43.1 Å². The quantitative estimate of drug-likeness (QED) is 0.170. The summed E-state index contributed by atoms with van der Waals surface area (Å²) < 4.78 is 0. The van der Waals surface area contributed by atoms with Crippen LogP contribution in [0.5, 0.6) is 0 Å². The normalized spacial score (nSPS) is 11.3. The third kappa shape index (κ3) is 5.36. The number of hydrogen-bond donors (Lipinski definition) is 0. The van der Waals surface area contributed by atoms with Crippen molar-refractivity contribution in [1.82, 2.24) is 0 Å². The standard InChI is InChI=1S/C42H30/c1-41(2,3)37-25-33-19-15-29-11-7-9-13-31(29)17-21-35-27-38(42(4,5)6)28-36-22-18-32-14-10-8-12-30(32)16-20-34(26-37)39(33)23-24-40(35)36/h7-14,25-28H,1-6H3. The number of rotatable bonds is 0. The molecule has 0 N–H and O–H groups in total. The van der Waals surface area contributed by atoms with E-state index in [0.29, 0.717) is 0 Å². The Bertz CT molecular complexity index is 1820. The lowest BCUT2D eigenvalue weighted by Crippen LogP contribution is -2.11. The van der Waals surface area contributed by atoms with E-state index in [4.69, 9.17) is 0 Å². The molecule has 0 nitrogen and oxygen atoms in total. The molecule has 0 saturated heterocycles. The van der Waals surface area contributed by atoms with Crippen molar-refractivity contribution in [3.05, 3.63) is 144 Å². The van der Waals surface area contributed by atoms with Crippen LogP contribution >= 0.6 is 0 Å². The molecule has 0 heteroatoms. The minimum absolute atomic E-state index is 0.0917. The first kappa shape index (κ1) is 26.9. The first-order valence-corrected chi connectivity index (χ1v) is 14.2. The van der Waals surface area contributed by atoms with Gasteiger partial charge in [-0.1, -0.05) is 126 Å². The maximum absolute atomic E-state index is 3.51. The molecule has 0 unspecified atom stereocenters. The van der Waals surface area contributed by atoms with Crippen molar-refractivity contribution in [3.63, 3.8) is 0 Å². The minimum Gasteiger partial charge on any atom is -0.0609 e. The molecule has 2 bridgehead atoms. The van der Waals surface area contributed by atoms with Gasteiger partial charge in [0.15, 0.2) is 0 Å². The van der Waals surface area contributed by atoms with Gasteiger partial charge in [-0.3, -0.25) is 0 Å². The molecule has 4 aromatic rings. The summed E-state index contributed by atoms with van der Waals surface area (Å²) in [5, 5.41) is 7.04. The summed E-state index contributed by atoms with van der Waals surface area (Å²) in [6.45, 7) is 13.3. The third-order valence-corrected chi connectivity index (χ3v) is 7.50. The summed E-state index contributed by atoms with van der Waals surface area (Å²) in [6, 6.07) is 52.4. The maximum Gasteiger partial charge on any atom is 0.0562 e. The maximum atomic E-state index is 3.51. The van der Waals surface area contributed by atoms with E-state index in [1.807, 2.05) is 48.5 Å². The number of benzene rings is 4. The van der Waals surface area contributed by atoms with Crippen LogP contribution in [0.3, 0.4) is 0 Å². The van der Waals surface area contributed by atoms with E-state index in [1.165, 1.54) is 0 Å². The molecular formula is C42H30. The Morgan fingerprint density at radius 2 is 0.595 bits per heavy atom. The second-order valence-corrected chi connectivity index (χ2v) is 12.7. The van der Waals surface area contributed by atoms with E-state index in [0.717, 1.165) is 65.3 Å². The van der Waals surface area contributed by atoms with Gasteiger partial charge in [0.2, 0.25) is 0 Å². The average molecular weight is 535 g/mol. The van der Waals surface area contributed by atoms with Gasteiger partial charge in [0.25, 0.3) is 0 Å². The molecule has 0 amide bonds. The van der Waals surface area contributed by atoms with Crippen LogP contribution in [0.25, 0.3) is 43.1 Å². The van der Waals surface area contributed by atoms with E-state index in [9.17, 15) is 0 Å². The van der Waals surface area contributed by atoms with Crippen molar-refractivity contribution in [1.29, 1.82) is 0 Å². The Labute approximate surface area is 250 Å². The zero-order valence-electron chi connectivity index (χ0n) is 24.9. The van der Waals surface area contributed by atoms with E-state index >= 15 is 0 Å².